The van der Waals surface area contributed by atoms with Crippen molar-refractivity contribution in [3.8, 4) is 5.75 Å². The van der Waals surface area contributed by atoms with Crippen LogP contribution in [0.25, 0.3) is 10.9 Å². The summed E-state index contributed by atoms with van der Waals surface area (Å²) in [5, 5.41) is 11.3. The van der Waals surface area contributed by atoms with Crippen molar-refractivity contribution in [3.63, 3.8) is 0 Å². The van der Waals surface area contributed by atoms with Crippen LogP contribution in [0.5, 0.6) is 5.75 Å². The first kappa shape index (κ1) is 17.3. The Morgan fingerprint density at radius 3 is 2.65 bits per heavy atom. The van der Waals surface area contributed by atoms with Crippen LogP contribution >= 0.6 is 12.4 Å². The van der Waals surface area contributed by atoms with Crippen LogP contribution in [-0.2, 0) is 6.42 Å². The zero-order valence-corrected chi connectivity index (χ0v) is 13.6. The van der Waals surface area contributed by atoms with E-state index in [1.165, 1.54) is 5.56 Å². The highest BCUT2D eigenvalue weighted by Crippen LogP contribution is 2.25. The Morgan fingerprint density at radius 1 is 1.13 bits per heavy atom. The fourth-order valence-electron chi connectivity index (χ4n) is 2.56. The monoisotopic (exact) mass is 332 g/mol. The molecule has 122 valence electrons. The van der Waals surface area contributed by atoms with Gasteiger partial charge in [-0.05, 0) is 42.3 Å². The molecule has 4 N–H and O–H groups in total. The van der Waals surface area contributed by atoms with E-state index in [0.29, 0.717) is 6.54 Å². The number of aromatic amines is 1. The minimum Gasteiger partial charge on any atom is -0.491 e. The third kappa shape index (κ3) is 4.05. The number of hydrogen-bond acceptors (Lipinski definition) is 3. The molecule has 0 aliphatic carbocycles. The van der Waals surface area contributed by atoms with E-state index in [1.807, 2.05) is 54.7 Å². The van der Waals surface area contributed by atoms with Crippen LogP contribution in [0.2, 0.25) is 0 Å². The minimum atomic E-state index is -0.633. The minimum absolute atomic E-state index is 0. The second kappa shape index (κ2) is 8.02. The molecule has 0 bridgehead atoms. The van der Waals surface area contributed by atoms with Gasteiger partial charge in [0.05, 0.1) is 0 Å². The van der Waals surface area contributed by atoms with Crippen molar-refractivity contribution in [1.82, 2.24) is 4.98 Å². The Balaban J connectivity index is 0.00000192. The number of ether oxygens (including phenoxy) is 1. The van der Waals surface area contributed by atoms with Gasteiger partial charge in [-0.25, -0.2) is 0 Å². The van der Waals surface area contributed by atoms with Crippen LogP contribution in [-0.4, -0.2) is 23.2 Å². The molecule has 0 aliphatic heterocycles. The fourth-order valence-corrected chi connectivity index (χ4v) is 2.56. The number of nitrogens with two attached hydrogens (primary N) is 1. The van der Waals surface area contributed by atoms with Crippen molar-refractivity contribution < 1.29 is 9.84 Å². The van der Waals surface area contributed by atoms with E-state index in [4.69, 9.17) is 10.5 Å². The molecule has 4 nitrogen and oxygen atoms in total. The number of halogens is 1. The fraction of sp³-hybridized carbons (Fsp3) is 0.222. The molecule has 5 heteroatoms. The Bertz CT molecular complexity index is 743. The summed E-state index contributed by atoms with van der Waals surface area (Å²) in [6.07, 6.45) is 2.18. The molecule has 1 atom stereocenters. The van der Waals surface area contributed by atoms with Crippen molar-refractivity contribution in [2.75, 3.05) is 13.2 Å². The average Bonchev–Trinajstić information content (AvgIpc) is 2.96. The maximum Gasteiger partial charge on any atom is 0.120 e. The summed E-state index contributed by atoms with van der Waals surface area (Å²) in [5.74, 6) is 0.750. The molecule has 0 aliphatic rings. The Labute approximate surface area is 141 Å². The molecular formula is C18H21ClN2O2. The van der Waals surface area contributed by atoms with Gasteiger partial charge in [0.1, 0.15) is 18.5 Å². The van der Waals surface area contributed by atoms with Crippen LogP contribution in [0.4, 0.5) is 0 Å². The molecule has 1 unspecified atom stereocenters. The number of benzene rings is 2. The normalized spacial score (nSPS) is 11.9. The van der Waals surface area contributed by atoms with Gasteiger partial charge in [-0.3, -0.25) is 0 Å². The lowest BCUT2D eigenvalue weighted by atomic mass is 10.1. The predicted octanol–water partition coefficient (Wildman–Crippen LogP) is 3.20. The van der Waals surface area contributed by atoms with Crippen LogP contribution in [0.3, 0.4) is 0 Å². The van der Waals surface area contributed by atoms with Gasteiger partial charge >= 0.3 is 0 Å². The lowest BCUT2D eigenvalue weighted by molar-refractivity contribution is 0.108. The zero-order chi connectivity index (χ0) is 15.4. The number of nitrogens with one attached hydrogen (secondary N) is 1. The topological polar surface area (TPSA) is 71.3 Å². The van der Waals surface area contributed by atoms with Crippen molar-refractivity contribution in [1.29, 1.82) is 0 Å². The molecule has 3 rings (SSSR count). The van der Waals surface area contributed by atoms with Crippen LogP contribution in [0.1, 0.15) is 17.2 Å². The van der Waals surface area contributed by atoms with Gasteiger partial charge in [0, 0.05) is 17.1 Å². The summed E-state index contributed by atoms with van der Waals surface area (Å²) in [5.41, 5.74) is 8.74. The van der Waals surface area contributed by atoms with Crippen molar-refractivity contribution in [2.24, 2.45) is 5.73 Å². The summed E-state index contributed by atoms with van der Waals surface area (Å²) < 4.78 is 5.74. The second-order valence-corrected chi connectivity index (χ2v) is 5.30. The lowest BCUT2D eigenvalue weighted by Crippen LogP contribution is -2.09. The molecule has 0 spiro atoms. The number of hydrogen-bond donors (Lipinski definition) is 3. The first-order chi connectivity index (χ1) is 10.8. The quantitative estimate of drug-likeness (QED) is 0.649. The maximum atomic E-state index is 10.1. The van der Waals surface area contributed by atoms with Gasteiger partial charge in [-0.1, -0.05) is 30.3 Å². The standard InChI is InChI=1S/C18H20N2O2.ClH/c19-9-8-14-11-20-17-7-6-15(10-16(14)17)22-12-18(21)13-4-2-1-3-5-13;/h1-7,10-11,18,20-21H,8-9,12,19H2;1H. The van der Waals surface area contributed by atoms with Gasteiger partial charge in [0.15, 0.2) is 0 Å². The molecule has 23 heavy (non-hydrogen) atoms. The summed E-state index contributed by atoms with van der Waals surface area (Å²) >= 11 is 0. The van der Waals surface area contributed by atoms with E-state index in [-0.39, 0.29) is 19.0 Å². The first-order valence-corrected chi connectivity index (χ1v) is 7.44. The Hall–Kier alpha value is -2.01. The number of rotatable bonds is 6. The van der Waals surface area contributed by atoms with Crippen molar-refractivity contribution in [3.05, 3.63) is 65.9 Å². The lowest BCUT2D eigenvalue weighted by Gasteiger charge is -2.13. The van der Waals surface area contributed by atoms with Crippen molar-refractivity contribution >= 4 is 23.3 Å². The van der Waals surface area contributed by atoms with E-state index in [2.05, 4.69) is 4.98 Å². The largest absolute Gasteiger partial charge is 0.491 e. The molecular weight excluding hydrogens is 312 g/mol. The van der Waals surface area contributed by atoms with Crippen LogP contribution < -0.4 is 10.5 Å². The summed E-state index contributed by atoms with van der Waals surface area (Å²) in [4.78, 5) is 3.23. The second-order valence-electron chi connectivity index (χ2n) is 5.30. The number of aliphatic hydroxyl groups is 1. The number of aliphatic hydroxyl groups excluding tert-OH is 1. The summed E-state index contributed by atoms with van der Waals surface area (Å²) in [6.45, 7) is 0.844. The van der Waals surface area contributed by atoms with E-state index >= 15 is 0 Å². The van der Waals surface area contributed by atoms with Gasteiger partial charge in [0.2, 0.25) is 0 Å². The third-order valence-electron chi connectivity index (χ3n) is 3.74. The number of fused-ring (bicyclic) bond motifs is 1. The van der Waals surface area contributed by atoms with E-state index in [9.17, 15) is 5.11 Å². The predicted molar refractivity (Wildman–Crippen MR) is 95.2 cm³/mol. The molecule has 2 aromatic carbocycles. The highest BCUT2D eigenvalue weighted by Gasteiger charge is 2.09. The smallest absolute Gasteiger partial charge is 0.120 e. The van der Waals surface area contributed by atoms with Crippen molar-refractivity contribution in [2.45, 2.75) is 12.5 Å². The molecule has 1 heterocycles. The number of H-pyrrole nitrogens is 1. The van der Waals surface area contributed by atoms with Crippen LogP contribution in [0, 0.1) is 0 Å². The molecule has 0 fully saturated rings. The Kier molecular flexibility index (Phi) is 6.04. The zero-order valence-electron chi connectivity index (χ0n) is 12.7. The molecule has 0 amide bonds. The molecule has 0 radical (unpaired) electrons. The Morgan fingerprint density at radius 2 is 1.91 bits per heavy atom. The summed E-state index contributed by atoms with van der Waals surface area (Å²) in [6, 6.07) is 15.4. The van der Waals surface area contributed by atoms with Crippen LogP contribution in [0.15, 0.2) is 54.7 Å². The highest BCUT2D eigenvalue weighted by molar-refractivity contribution is 5.85. The highest BCUT2D eigenvalue weighted by atomic mass is 35.5. The molecule has 3 aromatic rings. The van der Waals surface area contributed by atoms with Gasteiger partial charge in [-0.15, -0.1) is 12.4 Å². The average molecular weight is 333 g/mol. The first-order valence-electron chi connectivity index (χ1n) is 7.44. The van der Waals surface area contributed by atoms with E-state index < -0.39 is 6.10 Å². The molecule has 1 aromatic heterocycles. The van der Waals surface area contributed by atoms with Gasteiger partial charge in [0.25, 0.3) is 0 Å². The SMILES string of the molecule is Cl.NCCc1c[nH]c2ccc(OCC(O)c3ccccc3)cc12. The van der Waals surface area contributed by atoms with E-state index in [1.54, 1.807) is 0 Å². The van der Waals surface area contributed by atoms with Gasteiger partial charge < -0.3 is 20.6 Å². The number of aromatic nitrogens is 1. The third-order valence-corrected chi connectivity index (χ3v) is 3.74. The molecule has 0 saturated carbocycles. The molecule has 0 saturated heterocycles. The van der Waals surface area contributed by atoms with E-state index in [0.717, 1.165) is 28.6 Å². The summed E-state index contributed by atoms with van der Waals surface area (Å²) in [7, 11) is 0. The maximum absolute atomic E-state index is 10.1. The van der Waals surface area contributed by atoms with Gasteiger partial charge in [-0.2, -0.15) is 0 Å².